The van der Waals surface area contributed by atoms with Gasteiger partial charge in [0.1, 0.15) is 0 Å². The van der Waals surface area contributed by atoms with Gasteiger partial charge in [0.05, 0.1) is 6.04 Å². The van der Waals surface area contributed by atoms with E-state index in [9.17, 15) is 4.79 Å². The molecule has 0 aromatic carbocycles. The Morgan fingerprint density at radius 3 is 2.68 bits per heavy atom. The number of hydrogen-bond donors (Lipinski definition) is 2. The third-order valence-corrected chi connectivity index (χ3v) is 5.68. The second-order valence-corrected chi connectivity index (χ2v) is 7.34. The zero-order valence-electron chi connectivity index (χ0n) is 12.2. The molecule has 3 fully saturated rings. The van der Waals surface area contributed by atoms with Crippen molar-refractivity contribution in [3.05, 3.63) is 0 Å². The molecular weight excluding hydrogens is 236 g/mol. The summed E-state index contributed by atoms with van der Waals surface area (Å²) in [5.41, 5.74) is 0.362. The monoisotopic (exact) mass is 264 g/mol. The summed E-state index contributed by atoms with van der Waals surface area (Å²) in [5, 5.41) is 6.78. The molecule has 2 aliphatic carbocycles. The van der Waals surface area contributed by atoms with Crippen molar-refractivity contribution in [2.75, 3.05) is 6.54 Å². The number of hydrogen-bond acceptors (Lipinski definition) is 2. The van der Waals surface area contributed by atoms with Crippen LogP contribution in [0.15, 0.2) is 0 Å². The van der Waals surface area contributed by atoms with E-state index < -0.39 is 0 Å². The summed E-state index contributed by atoms with van der Waals surface area (Å²) in [6, 6.07) is 0.699. The number of carbonyl (C=O) groups is 1. The molecule has 19 heavy (non-hydrogen) atoms. The lowest BCUT2D eigenvalue weighted by atomic mass is 9.85. The molecule has 2 N–H and O–H groups in total. The molecule has 0 aromatic rings. The molecule has 3 rings (SSSR count). The Morgan fingerprint density at radius 2 is 1.95 bits per heavy atom. The van der Waals surface area contributed by atoms with E-state index in [-0.39, 0.29) is 11.9 Å². The molecule has 0 bridgehead atoms. The highest BCUT2D eigenvalue weighted by atomic mass is 16.2. The van der Waals surface area contributed by atoms with Gasteiger partial charge in [0.15, 0.2) is 0 Å². The van der Waals surface area contributed by atoms with Crippen LogP contribution in [0, 0.1) is 11.3 Å². The minimum Gasteiger partial charge on any atom is -0.354 e. The largest absolute Gasteiger partial charge is 0.354 e. The molecular formula is C16H28N2O. The third kappa shape index (κ3) is 2.96. The van der Waals surface area contributed by atoms with Gasteiger partial charge in [-0.05, 0) is 43.4 Å². The fourth-order valence-corrected chi connectivity index (χ4v) is 4.35. The van der Waals surface area contributed by atoms with Gasteiger partial charge in [-0.1, -0.05) is 32.6 Å². The Kier molecular flexibility index (Phi) is 3.84. The van der Waals surface area contributed by atoms with Crippen molar-refractivity contribution in [1.82, 2.24) is 10.6 Å². The predicted molar refractivity (Wildman–Crippen MR) is 76.9 cm³/mol. The lowest BCUT2D eigenvalue weighted by Crippen LogP contribution is -2.45. The van der Waals surface area contributed by atoms with Gasteiger partial charge in [-0.25, -0.2) is 0 Å². The minimum atomic E-state index is 0.0816. The Labute approximate surface area is 116 Å². The van der Waals surface area contributed by atoms with Gasteiger partial charge in [-0.2, -0.15) is 0 Å². The summed E-state index contributed by atoms with van der Waals surface area (Å²) in [6.07, 6.45) is 11.6. The van der Waals surface area contributed by atoms with Crippen molar-refractivity contribution in [3.63, 3.8) is 0 Å². The van der Waals surface area contributed by atoms with Gasteiger partial charge >= 0.3 is 0 Å². The second-order valence-electron chi connectivity index (χ2n) is 7.34. The van der Waals surface area contributed by atoms with E-state index in [0.717, 1.165) is 18.9 Å². The third-order valence-electron chi connectivity index (χ3n) is 5.68. The Balaban J connectivity index is 1.48. The summed E-state index contributed by atoms with van der Waals surface area (Å²) in [5.74, 6) is 1.01. The van der Waals surface area contributed by atoms with Crippen LogP contribution in [0.5, 0.6) is 0 Å². The first-order chi connectivity index (χ1) is 9.16. The summed E-state index contributed by atoms with van der Waals surface area (Å²) >= 11 is 0. The van der Waals surface area contributed by atoms with Gasteiger partial charge in [0.2, 0.25) is 5.91 Å². The molecule has 0 radical (unpaired) electrons. The average Bonchev–Trinajstić information content (AvgIpc) is 3.02. The van der Waals surface area contributed by atoms with Gasteiger partial charge < -0.3 is 10.6 Å². The van der Waals surface area contributed by atoms with Crippen LogP contribution in [-0.2, 0) is 4.79 Å². The standard InChI is InChI=1S/C16H28N2O/c1-16(8-4-5-9-16)11-17-15(19)14-10-12-6-2-3-7-13(12)18-14/h12-14,18H,2-11H2,1H3,(H,17,19). The number of carbonyl (C=O) groups excluding carboxylic acids is 1. The van der Waals surface area contributed by atoms with Gasteiger partial charge in [-0.15, -0.1) is 0 Å². The van der Waals surface area contributed by atoms with E-state index in [1.54, 1.807) is 0 Å². The van der Waals surface area contributed by atoms with Crippen LogP contribution in [0.4, 0.5) is 0 Å². The van der Waals surface area contributed by atoms with Crippen LogP contribution in [0.2, 0.25) is 0 Å². The zero-order chi connectivity index (χ0) is 13.3. The van der Waals surface area contributed by atoms with E-state index in [0.29, 0.717) is 11.5 Å². The first kappa shape index (κ1) is 13.4. The molecule has 2 saturated carbocycles. The Hall–Kier alpha value is -0.570. The smallest absolute Gasteiger partial charge is 0.237 e. The summed E-state index contributed by atoms with van der Waals surface area (Å²) in [4.78, 5) is 12.3. The van der Waals surface area contributed by atoms with Gasteiger partial charge in [-0.3, -0.25) is 4.79 Å². The number of fused-ring (bicyclic) bond motifs is 1. The van der Waals surface area contributed by atoms with Gasteiger partial charge in [0, 0.05) is 12.6 Å². The van der Waals surface area contributed by atoms with Crippen LogP contribution in [0.1, 0.15) is 64.7 Å². The molecule has 0 spiro atoms. The van der Waals surface area contributed by atoms with Crippen molar-refractivity contribution >= 4 is 5.91 Å². The maximum atomic E-state index is 12.3. The first-order valence-corrected chi connectivity index (χ1v) is 8.20. The molecule has 3 heteroatoms. The fraction of sp³-hybridized carbons (Fsp3) is 0.938. The number of amides is 1. The molecule has 3 unspecified atom stereocenters. The molecule has 1 aliphatic heterocycles. The summed E-state index contributed by atoms with van der Waals surface area (Å²) in [7, 11) is 0. The molecule has 1 amide bonds. The first-order valence-electron chi connectivity index (χ1n) is 8.20. The van der Waals surface area contributed by atoms with Crippen LogP contribution >= 0.6 is 0 Å². The highest BCUT2D eigenvalue weighted by molar-refractivity contribution is 5.82. The fourth-order valence-electron chi connectivity index (χ4n) is 4.35. The number of nitrogens with one attached hydrogen (secondary N) is 2. The Morgan fingerprint density at radius 1 is 1.21 bits per heavy atom. The van der Waals surface area contributed by atoms with Crippen LogP contribution in [-0.4, -0.2) is 24.5 Å². The van der Waals surface area contributed by atoms with Crippen molar-refractivity contribution in [1.29, 1.82) is 0 Å². The van der Waals surface area contributed by atoms with Crippen LogP contribution < -0.4 is 10.6 Å². The quantitative estimate of drug-likeness (QED) is 0.822. The molecule has 0 aromatic heterocycles. The molecule has 3 nitrogen and oxygen atoms in total. The summed E-state index contributed by atoms with van der Waals surface area (Å²) in [6.45, 7) is 3.20. The van der Waals surface area contributed by atoms with E-state index in [2.05, 4.69) is 17.6 Å². The van der Waals surface area contributed by atoms with E-state index in [1.807, 2.05) is 0 Å². The molecule has 1 saturated heterocycles. The van der Waals surface area contributed by atoms with Gasteiger partial charge in [0.25, 0.3) is 0 Å². The highest BCUT2D eigenvalue weighted by Crippen LogP contribution is 2.37. The molecule has 3 aliphatic rings. The lowest BCUT2D eigenvalue weighted by molar-refractivity contribution is -0.123. The maximum Gasteiger partial charge on any atom is 0.237 e. The lowest BCUT2D eigenvalue weighted by Gasteiger charge is -2.25. The highest BCUT2D eigenvalue weighted by Gasteiger charge is 2.38. The number of rotatable bonds is 3. The van der Waals surface area contributed by atoms with Crippen molar-refractivity contribution < 1.29 is 4.79 Å². The normalized spacial score (nSPS) is 37.0. The maximum absolute atomic E-state index is 12.3. The minimum absolute atomic E-state index is 0.0816. The second kappa shape index (κ2) is 5.43. The van der Waals surface area contributed by atoms with Crippen LogP contribution in [0.3, 0.4) is 0 Å². The molecule has 3 atom stereocenters. The average molecular weight is 264 g/mol. The Bertz CT molecular complexity index is 322. The van der Waals surface area contributed by atoms with Crippen LogP contribution in [0.25, 0.3) is 0 Å². The molecule has 108 valence electrons. The topological polar surface area (TPSA) is 41.1 Å². The summed E-state index contributed by atoms with van der Waals surface area (Å²) < 4.78 is 0. The zero-order valence-corrected chi connectivity index (χ0v) is 12.2. The van der Waals surface area contributed by atoms with E-state index >= 15 is 0 Å². The van der Waals surface area contributed by atoms with E-state index in [4.69, 9.17) is 0 Å². The van der Waals surface area contributed by atoms with Crippen molar-refractivity contribution in [3.8, 4) is 0 Å². The van der Waals surface area contributed by atoms with E-state index in [1.165, 1.54) is 51.4 Å². The van der Waals surface area contributed by atoms with Crippen molar-refractivity contribution in [2.45, 2.75) is 76.8 Å². The molecule has 1 heterocycles. The SMILES string of the molecule is CC1(CNC(=O)C2CC3CCCCC3N2)CCCC1. The predicted octanol–water partition coefficient (Wildman–Crippen LogP) is 2.60. The van der Waals surface area contributed by atoms with Crippen molar-refractivity contribution in [2.24, 2.45) is 11.3 Å².